The number of guanidine groups is 1. The Morgan fingerprint density at radius 2 is 2.22 bits per heavy atom. The smallest absolute Gasteiger partial charge is 0.191 e. The molecule has 0 saturated carbocycles. The number of nitrogens with zero attached hydrogens (tertiary/aromatic N) is 2. The lowest BCUT2D eigenvalue weighted by atomic mass is 10.0. The Morgan fingerprint density at radius 3 is 2.78 bits per heavy atom. The lowest BCUT2D eigenvalue weighted by Gasteiger charge is -2.33. The fraction of sp³-hybridized carbons (Fsp3) is 0.611. The minimum absolute atomic E-state index is 0.497. The van der Waals surface area contributed by atoms with Crippen LogP contribution in [0, 0.1) is 0 Å². The van der Waals surface area contributed by atoms with Gasteiger partial charge in [0.25, 0.3) is 0 Å². The Labute approximate surface area is 144 Å². The molecule has 0 bridgehead atoms. The maximum atomic E-state index is 4.37. The first-order valence-corrected chi connectivity index (χ1v) is 9.38. The summed E-state index contributed by atoms with van der Waals surface area (Å²) in [5, 5.41) is 11.4. The molecule has 2 heterocycles. The van der Waals surface area contributed by atoms with Crippen LogP contribution in [0.1, 0.15) is 38.2 Å². The van der Waals surface area contributed by atoms with E-state index < -0.39 is 0 Å². The SMILES string of the molecule is C=C(C)CN1CCC(NC(=NC)NCC(C)c2ccsc2)CC1. The van der Waals surface area contributed by atoms with Gasteiger partial charge < -0.3 is 10.6 Å². The molecule has 1 fully saturated rings. The molecule has 4 nitrogen and oxygen atoms in total. The number of rotatable bonds is 6. The van der Waals surface area contributed by atoms with Crippen LogP contribution in [0.4, 0.5) is 0 Å². The summed E-state index contributed by atoms with van der Waals surface area (Å²) in [5.74, 6) is 1.42. The molecule has 23 heavy (non-hydrogen) atoms. The molecule has 0 aliphatic carbocycles. The molecule has 0 aromatic carbocycles. The number of thiophene rings is 1. The topological polar surface area (TPSA) is 39.7 Å². The van der Waals surface area contributed by atoms with Crippen molar-refractivity contribution in [1.82, 2.24) is 15.5 Å². The highest BCUT2D eigenvalue weighted by atomic mass is 32.1. The number of aliphatic imine (C=N–C) groups is 1. The fourth-order valence-corrected chi connectivity index (χ4v) is 3.71. The molecule has 1 aliphatic rings. The standard InChI is InChI=1S/C18H30N4S/c1-14(2)12-22-8-5-17(6-9-22)21-18(19-4)20-11-15(3)16-7-10-23-13-16/h7,10,13,15,17H,1,5-6,8-9,11-12H2,2-4H3,(H2,19,20,21). The third-order valence-electron chi connectivity index (χ3n) is 4.33. The maximum Gasteiger partial charge on any atom is 0.191 e. The van der Waals surface area contributed by atoms with Gasteiger partial charge in [0, 0.05) is 39.3 Å². The molecule has 0 spiro atoms. The lowest BCUT2D eigenvalue weighted by Crippen LogP contribution is -2.49. The summed E-state index contributed by atoms with van der Waals surface area (Å²) in [6, 6.07) is 2.71. The first-order chi connectivity index (χ1) is 11.1. The first-order valence-electron chi connectivity index (χ1n) is 8.44. The van der Waals surface area contributed by atoms with E-state index in [-0.39, 0.29) is 0 Å². The molecule has 5 heteroatoms. The molecule has 1 aromatic rings. The van der Waals surface area contributed by atoms with E-state index in [9.17, 15) is 0 Å². The molecular formula is C18H30N4S. The van der Waals surface area contributed by atoms with Crippen molar-refractivity contribution >= 4 is 17.3 Å². The minimum Gasteiger partial charge on any atom is -0.356 e. The number of likely N-dealkylation sites (tertiary alicyclic amines) is 1. The lowest BCUT2D eigenvalue weighted by molar-refractivity contribution is 0.221. The van der Waals surface area contributed by atoms with Crippen LogP contribution in [0.2, 0.25) is 0 Å². The molecule has 1 saturated heterocycles. The molecule has 1 aromatic heterocycles. The van der Waals surface area contributed by atoms with Crippen molar-refractivity contribution in [2.75, 3.05) is 33.2 Å². The van der Waals surface area contributed by atoms with Gasteiger partial charge in [-0.05, 0) is 48.1 Å². The highest BCUT2D eigenvalue weighted by molar-refractivity contribution is 7.07. The first kappa shape index (κ1) is 18.0. The van der Waals surface area contributed by atoms with E-state index in [1.807, 2.05) is 7.05 Å². The van der Waals surface area contributed by atoms with E-state index in [1.165, 1.54) is 11.1 Å². The molecule has 2 rings (SSSR count). The summed E-state index contributed by atoms with van der Waals surface area (Å²) < 4.78 is 0. The van der Waals surface area contributed by atoms with Crippen LogP contribution in [0.25, 0.3) is 0 Å². The summed E-state index contributed by atoms with van der Waals surface area (Å²) in [4.78, 5) is 6.85. The largest absolute Gasteiger partial charge is 0.356 e. The van der Waals surface area contributed by atoms with Crippen LogP contribution < -0.4 is 10.6 Å². The van der Waals surface area contributed by atoms with Crippen LogP contribution >= 0.6 is 11.3 Å². The Balaban J connectivity index is 1.72. The molecule has 1 aliphatic heterocycles. The van der Waals surface area contributed by atoms with Crippen LogP contribution in [0.3, 0.4) is 0 Å². The van der Waals surface area contributed by atoms with E-state index in [0.29, 0.717) is 12.0 Å². The van der Waals surface area contributed by atoms with Gasteiger partial charge in [-0.1, -0.05) is 19.1 Å². The number of hydrogen-bond donors (Lipinski definition) is 2. The normalized spacial score (nSPS) is 18.7. The molecule has 128 valence electrons. The van der Waals surface area contributed by atoms with Crippen molar-refractivity contribution < 1.29 is 0 Å². The monoisotopic (exact) mass is 334 g/mol. The molecule has 2 N–H and O–H groups in total. The predicted molar refractivity (Wildman–Crippen MR) is 102 cm³/mol. The van der Waals surface area contributed by atoms with Crippen molar-refractivity contribution in [3.05, 3.63) is 34.5 Å². The summed E-state index contributed by atoms with van der Waals surface area (Å²) in [6.07, 6.45) is 2.32. The summed E-state index contributed by atoms with van der Waals surface area (Å²) in [7, 11) is 1.85. The molecular weight excluding hydrogens is 304 g/mol. The van der Waals surface area contributed by atoms with Crippen LogP contribution in [0.15, 0.2) is 34.0 Å². The Bertz CT molecular complexity index is 501. The Morgan fingerprint density at radius 1 is 1.48 bits per heavy atom. The number of hydrogen-bond acceptors (Lipinski definition) is 3. The van der Waals surface area contributed by atoms with Gasteiger partial charge >= 0.3 is 0 Å². The zero-order valence-electron chi connectivity index (χ0n) is 14.6. The maximum absolute atomic E-state index is 4.37. The Kier molecular flexibility index (Phi) is 7.12. The summed E-state index contributed by atoms with van der Waals surface area (Å²) in [5.41, 5.74) is 2.64. The Hall–Kier alpha value is -1.33. The van der Waals surface area contributed by atoms with Gasteiger partial charge in [-0.3, -0.25) is 9.89 Å². The average molecular weight is 335 g/mol. The van der Waals surface area contributed by atoms with Crippen molar-refractivity contribution in [1.29, 1.82) is 0 Å². The van der Waals surface area contributed by atoms with E-state index in [4.69, 9.17) is 0 Å². The zero-order valence-corrected chi connectivity index (χ0v) is 15.5. The van der Waals surface area contributed by atoms with Crippen LogP contribution in [-0.4, -0.2) is 50.1 Å². The second-order valence-corrected chi connectivity index (χ2v) is 7.34. The number of nitrogens with one attached hydrogen (secondary N) is 2. The van der Waals surface area contributed by atoms with E-state index in [2.05, 4.69) is 57.8 Å². The second kappa shape index (κ2) is 9.08. The summed E-state index contributed by atoms with van der Waals surface area (Å²) >= 11 is 1.76. The molecule has 1 atom stereocenters. The van der Waals surface area contributed by atoms with Gasteiger partial charge in [0.1, 0.15) is 0 Å². The highest BCUT2D eigenvalue weighted by Crippen LogP contribution is 2.17. The third kappa shape index (κ3) is 5.99. The van der Waals surface area contributed by atoms with Gasteiger partial charge in [-0.15, -0.1) is 0 Å². The van der Waals surface area contributed by atoms with Gasteiger partial charge in [-0.2, -0.15) is 11.3 Å². The average Bonchev–Trinajstić information content (AvgIpc) is 3.06. The van der Waals surface area contributed by atoms with E-state index >= 15 is 0 Å². The molecule has 1 unspecified atom stereocenters. The van der Waals surface area contributed by atoms with Crippen molar-refractivity contribution in [2.45, 2.75) is 38.6 Å². The highest BCUT2D eigenvalue weighted by Gasteiger charge is 2.19. The molecule has 0 radical (unpaired) electrons. The van der Waals surface area contributed by atoms with E-state index in [1.54, 1.807) is 11.3 Å². The minimum atomic E-state index is 0.497. The quantitative estimate of drug-likeness (QED) is 0.477. The van der Waals surface area contributed by atoms with Gasteiger partial charge in [0.05, 0.1) is 0 Å². The summed E-state index contributed by atoms with van der Waals surface area (Å²) in [6.45, 7) is 12.6. The van der Waals surface area contributed by atoms with Crippen molar-refractivity contribution in [3.63, 3.8) is 0 Å². The van der Waals surface area contributed by atoms with Crippen molar-refractivity contribution in [2.24, 2.45) is 4.99 Å². The van der Waals surface area contributed by atoms with E-state index in [0.717, 1.165) is 45.0 Å². The predicted octanol–water partition coefficient (Wildman–Crippen LogP) is 3.06. The van der Waals surface area contributed by atoms with Gasteiger partial charge in [0.15, 0.2) is 5.96 Å². The van der Waals surface area contributed by atoms with Crippen molar-refractivity contribution in [3.8, 4) is 0 Å². The van der Waals surface area contributed by atoms with Gasteiger partial charge in [-0.25, -0.2) is 0 Å². The second-order valence-electron chi connectivity index (χ2n) is 6.56. The molecule has 0 amide bonds. The third-order valence-corrected chi connectivity index (χ3v) is 5.03. The van der Waals surface area contributed by atoms with Crippen LogP contribution in [0.5, 0.6) is 0 Å². The van der Waals surface area contributed by atoms with Crippen LogP contribution in [-0.2, 0) is 0 Å². The fourth-order valence-electron chi connectivity index (χ4n) is 2.93. The number of piperidine rings is 1. The van der Waals surface area contributed by atoms with Gasteiger partial charge in [0.2, 0.25) is 0 Å². The zero-order chi connectivity index (χ0) is 16.7.